The van der Waals surface area contributed by atoms with Gasteiger partial charge in [0.25, 0.3) is 0 Å². The number of hydrogen-bond acceptors (Lipinski definition) is 2. The van der Waals surface area contributed by atoms with E-state index in [9.17, 15) is 4.39 Å². The van der Waals surface area contributed by atoms with Crippen LogP contribution in [-0.2, 0) is 13.1 Å². The SMILES string of the molecule is Fc1cc(Br)cc(Cn2ccnc2CNC2CC2)c1. The third-order valence-corrected chi connectivity index (χ3v) is 3.66. The molecule has 0 bridgehead atoms. The minimum Gasteiger partial charge on any atom is -0.329 e. The minimum atomic E-state index is -0.220. The molecular weight excluding hydrogens is 309 g/mol. The Labute approximate surface area is 120 Å². The highest BCUT2D eigenvalue weighted by Gasteiger charge is 2.20. The molecule has 1 N–H and O–H groups in total. The molecule has 0 amide bonds. The van der Waals surface area contributed by atoms with Crippen molar-refractivity contribution in [1.82, 2.24) is 14.9 Å². The number of halogens is 2. The normalized spacial score (nSPS) is 14.8. The van der Waals surface area contributed by atoms with E-state index in [2.05, 4.69) is 30.8 Å². The van der Waals surface area contributed by atoms with Crippen LogP contribution in [0.15, 0.2) is 35.1 Å². The number of hydrogen-bond donors (Lipinski definition) is 1. The number of nitrogens with zero attached hydrogens (tertiary/aromatic N) is 2. The molecule has 1 aliphatic carbocycles. The number of aromatic nitrogens is 2. The van der Waals surface area contributed by atoms with Crippen LogP contribution in [0.25, 0.3) is 0 Å². The fourth-order valence-corrected chi connectivity index (χ4v) is 2.59. The Balaban J connectivity index is 1.72. The number of imidazole rings is 1. The van der Waals surface area contributed by atoms with Crippen LogP contribution in [-0.4, -0.2) is 15.6 Å². The Bertz CT molecular complexity index is 558. The average Bonchev–Trinajstić information content (AvgIpc) is 3.07. The molecule has 1 fully saturated rings. The molecular formula is C14H15BrFN3. The van der Waals surface area contributed by atoms with Gasteiger partial charge in [-0.15, -0.1) is 0 Å². The van der Waals surface area contributed by atoms with Gasteiger partial charge in [-0.1, -0.05) is 15.9 Å². The second-order valence-electron chi connectivity index (χ2n) is 4.90. The summed E-state index contributed by atoms with van der Waals surface area (Å²) in [6.07, 6.45) is 6.25. The van der Waals surface area contributed by atoms with Crippen LogP contribution in [0.5, 0.6) is 0 Å². The van der Waals surface area contributed by atoms with Crippen molar-refractivity contribution in [2.45, 2.75) is 32.0 Å². The lowest BCUT2D eigenvalue weighted by molar-refractivity contribution is 0.608. The molecule has 0 unspecified atom stereocenters. The first-order valence-corrected chi connectivity index (χ1v) is 7.18. The second kappa shape index (κ2) is 5.43. The van der Waals surface area contributed by atoms with Crippen molar-refractivity contribution in [3.63, 3.8) is 0 Å². The van der Waals surface area contributed by atoms with Crippen molar-refractivity contribution in [3.05, 3.63) is 52.3 Å². The highest BCUT2D eigenvalue weighted by Crippen LogP contribution is 2.19. The first kappa shape index (κ1) is 12.8. The molecule has 0 radical (unpaired) electrons. The lowest BCUT2D eigenvalue weighted by atomic mass is 10.2. The summed E-state index contributed by atoms with van der Waals surface area (Å²) in [5.74, 6) is 0.773. The van der Waals surface area contributed by atoms with E-state index in [1.165, 1.54) is 18.9 Å². The van der Waals surface area contributed by atoms with Crippen LogP contribution in [0, 0.1) is 5.82 Å². The van der Waals surface area contributed by atoms with Gasteiger partial charge in [-0.2, -0.15) is 0 Å². The molecule has 19 heavy (non-hydrogen) atoms. The van der Waals surface area contributed by atoms with E-state index >= 15 is 0 Å². The number of rotatable bonds is 5. The maximum absolute atomic E-state index is 13.4. The Kier molecular flexibility index (Phi) is 3.66. The van der Waals surface area contributed by atoms with E-state index < -0.39 is 0 Å². The quantitative estimate of drug-likeness (QED) is 0.916. The summed E-state index contributed by atoms with van der Waals surface area (Å²) in [5, 5.41) is 3.44. The van der Waals surface area contributed by atoms with E-state index in [-0.39, 0.29) is 5.82 Å². The zero-order valence-electron chi connectivity index (χ0n) is 10.4. The van der Waals surface area contributed by atoms with Crippen LogP contribution < -0.4 is 5.32 Å². The second-order valence-corrected chi connectivity index (χ2v) is 5.82. The zero-order valence-corrected chi connectivity index (χ0v) is 12.0. The molecule has 1 heterocycles. The highest BCUT2D eigenvalue weighted by atomic mass is 79.9. The van der Waals surface area contributed by atoms with Crippen LogP contribution in [0.3, 0.4) is 0 Å². The first-order chi connectivity index (χ1) is 9.20. The van der Waals surface area contributed by atoms with Gasteiger partial charge in [-0.3, -0.25) is 0 Å². The minimum absolute atomic E-state index is 0.220. The van der Waals surface area contributed by atoms with Crippen LogP contribution in [0.2, 0.25) is 0 Å². The standard InChI is InChI=1S/C14H15BrFN3/c15-11-5-10(6-12(16)7-11)9-19-4-3-17-14(19)8-18-13-1-2-13/h3-7,13,18H,1-2,8-9H2. The third kappa shape index (κ3) is 3.42. The van der Waals surface area contributed by atoms with Crippen molar-refractivity contribution in [3.8, 4) is 0 Å². The first-order valence-electron chi connectivity index (χ1n) is 6.39. The molecule has 3 nitrogen and oxygen atoms in total. The topological polar surface area (TPSA) is 29.9 Å². The van der Waals surface area contributed by atoms with Crippen LogP contribution in [0.4, 0.5) is 4.39 Å². The molecule has 1 aromatic heterocycles. The molecule has 0 spiro atoms. The Morgan fingerprint density at radius 3 is 2.95 bits per heavy atom. The largest absolute Gasteiger partial charge is 0.329 e. The monoisotopic (exact) mass is 323 g/mol. The maximum Gasteiger partial charge on any atom is 0.124 e. The van der Waals surface area contributed by atoms with Gasteiger partial charge in [-0.05, 0) is 36.6 Å². The molecule has 2 aromatic rings. The molecule has 0 aliphatic heterocycles. The maximum atomic E-state index is 13.4. The van der Waals surface area contributed by atoms with Crippen molar-refractivity contribution >= 4 is 15.9 Å². The number of nitrogens with one attached hydrogen (secondary N) is 1. The Morgan fingerprint density at radius 2 is 2.21 bits per heavy atom. The van der Waals surface area contributed by atoms with Gasteiger partial charge in [0.05, 0.1) is 6.54 Å². The molecule has 100 valence electrons. The Morgan fingerprint density at radius 1 is 1.37 bits per heavy atom. The summed E-state index contributed by atoms with van der Waals surface area (Å²) in [7, 11) is 0. The van der Waals surface area contributed by atoms with Crippen molar-refractivity contribution in [1.29, 1.82) is 0 Å². The lowest BCUT2D eigenvalue weighted by Gasteiger charge is -2.09. The summed E-state index contributed by atoms with van der Waals surface area (Å²) >= 11 is 3.32. The summed E-state index contributed by atoms with van der Waals surface area (Å²) in [6.45, 7) is 1.41. The van der Waals surface area contributed by atoms with Gasteiger partial charge in [0, 0.05) is 29.5 Å². The van der Waals surface area contributed by atoms with Gasteiger partial charge < -0.3 is 9.88 Å². The summed E-state index contributed by atoms with van der Waals surface area (Å²) in [6, 6.07) is 5.62. The predicted octanol–water partition coefficient (Wildman–Crippen LogP) is 3.09. The highest BCUT2D eigenvalue weighted by molar-refractivity contribution is 9.10. The molecule has 3 rings (SSSR count). The van der Waals surface area contributed by atoms with E-state index in [0.717, 1.165) is 22.4 Å². The van der Waals surface area contributed by atoms with Gasteiger partial charge in [0.2, 0.25) is 0 Å². The molecule has 1 aromatic carbocycles. The zero-order chi connectivity index (χ0) is 13.2. The third-order valence-electron chi connectivity index (χ3n) is 3.20. The summed E-state index contributed by atoms with van der Waals surface area (Å²) in [4.78, 5) is 4.35. The van der Waals surface area contributed by atoms with Gasteiger partial charge in [0.15, 0.2) is 0 Å². The predicted molar refractivity (Wildman–Crippen MR) is 75.3 cm³/mol. The van der Waals surface area contributed by atoms with Crippen molar-refractivity contribution < 1.29 is 4.39 Å². The van der Waals surface area contributed by atoms with Crippen LogP contribution in [0.1, 0.15) is 24.2 Å². The number of benzene rings is 1. The summed E-state index contributed by atoms with van der Waals surface area (Å²) in [5.41, 5.74) is 0.928. The van der Waals surface area contributed by atoms with E-state index in [1.807, 2.05) is 12.3 Å². The lowest BCUT2D eigenvalue weighted by Crippen LogP contribution is -2.19. The molecule has 0 atom stereocenters. The average molecular weight is 324 g/mol. The van der Waals surface area contributed by atoms with Gasteiger partial charge in [-0.25, -0.2) is 9.37 Å². The fraction of sp³-hybridized carbons (Fsp3) is 0.357. The fourth-order valence-electron chi connectivity index (χ4n) is 2.07. The smallest absolute Gasteiger partial charge is 0.124 e. The Hall–Kier alpha value is -1.20. The van der Waals surface area contributed by atoms with E-state index in [1.54, 1.807) is 12.3 Å². The van der Waals surface area contributed by atoms with Crippen molar-refractivity contribution in [2.24, 2.45) is 0 Å². The van der Waals surface area contributed by atoms with Gasteiger partial charge in [0.1, 0.15) is 11.6 Å². The molecule has 1 saturated carbocycles. The van der Waals surface area contributed by atoms with E-state index in [4.69, 9.17) is 0 Å². The van der Waals surface area contributed by atoms with E-state index in [0.29, 0.717) is 12.6 Å². The van der Waals surface area contributed by atoms with Crippen LogP contribution >= 0.6 is 15.9 Å². The molecule has 1 aliphatic rings. The van der Waals surface area contributed by atoms with Gasteiger partial charge >= 0.3 is 0 Å². The van der Waals surface area contributed by atoms with Crippen molar-refractivity contribution in [2.75, 3.05) is 0 Å². The molecule has 0 saturated heterocycles. The summed E-state index contributed by atoms with van der Waals surface area (Å²) < 4.78 is 16.2. The molecule has 5 heteroatoms.